The van der Waals surface area contributed by atoms with E-state index in [9.17, 15) is 4.39 Å². The zero-order valence-electron chi connectivity index (χ0n) is 12.2. The van der Waals surface area contributed by atoms with Crippen molar-refractivity contribution in [3.05, 3.63) is 29.0 Å². The number of benzene rings is 1. The number of anilines is 2. The predicted molar refractivity (Wildman–Crippen MR) is 83.3 cm³/mol. The van der Waals surface area contributed by atoms with E-state index >= 15 is 0 Å². The van der Waals surface area contributed by atoms with E-state index < -0.39 is 5.82 Å². The topological polar surface area (TPSA) is 53.9 Å². The van der Waals surface area contributed by atoms with E-state index in [1.165, 1.54) is 12.1 Å². The van der Waals surface area contributed by atoms with Gasteiger partial charge in [-0.1, -0.05) is 18.5 Å². The van der Waals surface area contributed by atoms with Gasteiger partial charge in [0.05, 0.1) is 5.02 Å². The van der Waals surface area contributed by atoms with Crippen molar-refractivity contribution in [3.8, 4) is 11.4 Å². The van der Waals surface area contributed by atoms with Crippen molar-refractivity contribution in [3.63, 3.8) is 0 Å². The van der Waals surface area contributed by atoms with Gasteiger partial charge in [-0.05, 0) is 24.6 Å². The Labute approximate surface area is 128 Å². The molecule has 1 heterocycles. The van der Waals surface area contributed by atoms with Crippen LogP contribution < -0.4 is 10.2 Å². The van der Waals surface area contributed by atoms with Crippen LogP contribution in [0.1, 0.15) is 13.3 Å². The molecule has 1 aromatic carbocycles. The third-order valence-electron chi connectivity index (χ3n) is 2.73. The van der Waals surface area contributed by atoms with E-state index in [-0.39, 0.29) is 5.02 Å². The van der Waals surface area contributed by atoms with Crippen molar-refractivity contribution < 1.29 is 4.39 Å². The highest BCUT2D eigenvalue weighted by molar-refractivity contribution is 6.33. The second kappa shape index (κ2) is 6.67. The summed E-state index contributed by atoms with van der Waals surface area (Å²) in [6.07, 6.45) is 0.954. The smallest absolute Gasteiger partial charge is 0.230 e. The lowest BCUT2D eigenvalue weighted by Crippen LogP contribution is -2.16. The molecule has 0 radical (unpaired) electrons. The summed E-state index contributed by atoms with van der Waals surface area (Å²) in [4.78, 5) is 14.8. The predicted octanol–water partition coefficient (Wildman–Crippen LogP) is 3.22. The molecule has 2 rings (SSSR count). The molecule has 0 aliphatic rings. The van der Waals surface area contributed by atoms with E-state index in [1.807, 2.05) is 14.1 Å². The summed E-state index contributed by atoms with van der Waals surface area (Å²) in [5.41, 5.74) is 0.572. The van der Waals surface area contributed by atoms with Gasteiger partial charge in [-0.3, -0.25) is 0 Å². The summed E-state index contributed by atoms with van der Waals surface area (Å²) in [5, 5.41) is 3.40. The van der Waals surface area contributed by atoms with Crippen LogP contribution in [0.4, 0.5) is 16.3 Å². The fourth-order valence-corrected chi connectivity index (χ4v) is 1.92. The van der Waals surface area contributed by atoms with Crippen molar-refractivity contribution in [2.75, 3.05) is 30.9 Å². The van der Waals surface area contributed by atoms with Gasteiger partial charge in [0.1, 0.15) is 5.82 Å². The lowest BCUT2D eigenvalue weighted by molar-refractivity contribution is 0.628. The number of hydrogen-bond acceptors (Lipinski definition) is 5. The maximum Gasteiger partial charge on any atom is 0.230 e. The third-order valence-corrected chi connectivity index (χ3v) is 3.04. The van der Waals surface area contributed by atoms with Crippen LogP contribution in [0.2, 0.25) is 5.02 Å². The summed E-state index contributed by atoms with van der Waals surface area (Å²) in [6.45, 7) is 2.81. The molecule has 0 saturated carbocycles. The highest BCUT2D eigenvalue weighted by Crippen LogP contribution is 2.27. The Hall–Kier alpha value is -1.95. The van der Waals surface area contributed by atoms with Gasteiger partial charge < -0.3 is 10.2 Å². The van der Waals surface area contributed by atoms with Crippen LogP contribution in [0, 0.1) is 5.82 Å². The van der Waals surface area contributed by atoms with E-state index in [4.69, 9.17) is 11.6 Å². The van der Waals surface area contributed by atoms with Gasteiger partial charge in [0, 0.05) is 26.2 Å². The molecule has 112 valence electrons. The minimum atomic E-state index is -0.394. The number of rotatable bonds is 5. The highest BCUT2D eigenvalue weighted by atomic mass is 35.5. The van der Waals surface area contributed by atoms with Gasteiger partial charge in [0.15, 0.2) is 5.82 Å². The fraction of sp³-hybridized carbons (Fsp3) is 0.357. The minimum Gasteiger partial charge on any atom is -0.354 e. The summed E-state index contributed by atoms with van der Waals surface area (Å²) in [6, 6.07) is 4.14. The lowest BCUT2D eigenvalue weighted by atomic mass is 10.2. The first-order chi connectivity index (χ1) is 10.0. The summed E-state index contributed by atoms with van der Waals surface area (Å²) in [7, 11) is 3.68. The Kier molecular flexibility index (Phi) is 4.90. The van der Waals surface area contributed by atoms with Crippen molar-refractivity contribution in [2.24, 2.45) is 0 Å². The number of aromatic nitrogens is 3. The van der Waals surface area contributed by atoms with E-state index in [1.54, 1.807) is 11.0 Å². The van der Waals surface area contributed by atoms with Gasteiger partial charge >= 0.3 is 0 Å². The minimum absolute atomic E-state index is 0.271. The summed E-state index contributed by atoms with van der Waals surface area (Å²) in [5.74, 6) is 1.01. The molecule has 0 amide bonds. The summed E-state index contributed by atoms with van der Waals surface area (Å²) < 4.78 is 13.2. The average molecular weight is 310 g/mol. The SMILES string of the molecule is CCCNc1nc(-c2ccc(F)cc2Cl)nc(N(C)C)n1. The Morgan fingerprint density at radius 3 is 2.62 bits per heavy atom. The number of nitrogens with zero attached hydrogens (tertiary/aromatic N) is 4. The fourth-order valence-electron chi connectivity index (χ4n) is 1.67. The molecule has 7 heteroatoms. The number of nitrogens with one attached hydrogen (secondary N) is 1. The standard InChI is InChI=1S/C14H17ClFN5/c1-4-7-17-13-18-12(19-14(20-13)21(2)3)10-6-5-9(16)8-11(10)15/h5-6,8H,4,7H2,1-3H3,(H,17,18,19,20). The van der Waals surface area contributed by atoms with E-state index in [0.717, 1.165) is 13.0 Å². The molecule has 0 spiro atoms. The van der Waals surface area contributed by atoms with Crippen LogP contribution in [0.25, 0.3) is 11.4 Å². The molecule has 0 aliphatic heterocycles. The van der Waals surface area contributed by atoms with Crippen LogP contribution in [0.15, 0.2) is 18.2 Å². The molecule has 0 aliphatic carbocycles. The Balaban J connectivity index is 2.48. The molecule has 5 nitrogen and oxygen atoms in total. The van der Waals surface area contributed by atoms with E-state index in [0.29, 0.717) is 23.3 Å². The molecule has 0 unspecified atom stereocenters. The van der Waals surface area contributed by atoms with Crippen LogP contribution >= 0.6 is 11.6 Å². The first kappa shape index (κ1) is 15.4. The van der Waals surface area contributed by atoms with Crippen molar-refractivity contribution in [1.29, 1.82) is 0 Å². The first-order valence-corrected chi connectivity index (χ1v) is 7.01. The molecule has 0 bridgehead atoms. The quantitative estimate of drug-likeness (QED) is 0.919. The highest BCUT2D eigenvalue weighted by Gasteiger charge is 2.13. The monoisotopic (exact) mass is 309 g/mol. The Morgan fingerprint density at radius 1 is 1.24 bits per heavy atom. The van der Waals surface area contributed by atoms with Crippen molar-refractivity contribution in [1.82, 2.24) is 15.0 Å². The molecule has 21 heavy (non-hydrogen) atoms. The van der Waals surface area contributed by atoms with Crippen LogP contribution in [0.5, 0.6) is 0 Å². The molecule has 1 aromatic heterocycles. The molecular weight excluding hydrogens is 293 g/mol. The molecule has 1 N–H and O–H groups in total. The second-order valence-electron chi connectivity index (χ2n) is 4.73. The van der Waals surface area contributed by atoms with Crippen LogP contribution in [-0.4, -0.2) is 35.6 Å². The molecule has 0 atom stereocenters. The van der Waals surface area contributed by atoms with Gasteiger partial charge in [-0.2, -0.15) is 15.0 Å². The second-order valence-corrected chi connectivity index (χ2v) is 5.14. The van der Waals surface area contributed by atoms with Gasteiger partial charge in [0.2, 0.25) is 11.9 Å². The molecule has 2 aromatic rings. The third kappa shape index (κ3) is 3.78. The van der Waals surface area contributed by atoms with Crippen molar-refractivity contribution in [2.45, 2.75) is 13.3 Å². The Morgan fingerprint density at radius 2 is 2.00 bits per heavy atom. The number of halogens is 2. The van der Waals surface area contributed by atoms with Gasteiger partial charge in [-0.15, -0.1) is 0 Å². The summed E-state index contributed by atoms with van der Waals surface area (Å²) >= 11 is 6.08. The molecule has 0 saturated heterocycles. The normalized spacial score (nSPS) is 10.5. The van der Waals surface area contributed by atoms with Crippen LogP contribution in [-0.2, 0) is 0 Å². The van der Waals surface area contributed by atoms with Crippen LogP contribution in [0.3, 0.4) is 0 Å². The zero-order chi connectivity index (χ0) is 15.4. The van der Waals surface area contributed by atoms with Gasteiger partial charge in [-0.25, -0.2) is 4.39 Å². The molecular formula is C14H17ClFN5. The largest absolute Gasteiger partial charge is 0.354 e. The average Bonchev–Trinajstić information content (AvgIpc) is 2.44. The Bertz CT molecular complexity index is 633. The maximum atomic E-state index is 13.2. The maximum absolute atomic E-state index is 13.2. The lowest BCUT2D eigenvalue weighted by Gasteiger charge is -2.14. The zero-order valence-corrected chi connectivity index (χ0v) is 12.9. The van der Waals surface area contributed by atoms with Crippen molar-refractivity contribution >= 4 is 23.5 Å². The molecule has 0 fully saturated rings. The number of hydrogen-bond donors (Lipinski definition) is 1. The van der Waals surface area contributed by atoms with Gasteiger partial charge in [0.25, 0.3) is 0 Å². The first-order valence-electron chi connectivity index (χ1n) is 6.64. The van der Waals surface area contributed by atoms with E-state index in [2.05, 4.69) is 27.2 Å².